The fourth-order valence-corrected chi connectivity index (χ4v) is 5.59. The molecule has 31 heavy (non-hydrogen) atoms. The molecule has 160 valence electrons. The van der Waals surface area contributed by atoms with Gasteiger partial charge in [-0.2, -0.15) is 0 Å². The lowest BCUT2D eigenvalue weighted by atomic mass is 9.73. The predicted molar refractivity (Wildman–Crippen MR) is 121 cm³/mol. The van der Waals surface area contributed by atoms with Crippen molar-refractivity contribution in [2.24, 2.45) is 11.1 Å². The second kappa shape index (κ2) is 8.22. The summed E-state index contributed by atoms with van der Waals surface area (Å²) in [4.78, 5) is 16.3. The molecule has 0 bridgehead atoms. The number of nitrogens with zero attached hydrogens (tertiary/aromatic N) is 6. The van der Waals surface area contributed by atoms with Crippen LogP contribution in [0, 0.1) is 5.41 Å². The summed E-state index contributed by atoms with van der Waals surface area (Å²) in [6.45, 7) is 1.72. The Hall–Kier alpha value is -2.49. The molecular formula is C21H23ClN8S. The van der Waals surface area contributed by atoms with Crippen molar-refractivity contribution in [3.8, 4) is 0 Å². The third-order valence-corrected chi connectivity index (χ3v) is 7.77. The largest absolute Gasteiger partial charge is 0.372 e. The van der Waals surface area contributed by atoms with Crippen LogP contribution in [0.2, 0.25) is 5.02 Å². The van der Waals surface area contributed by atoms with Gasteiger partial charge in [0.25, 0.3) is 0 Å². The Morgan fingerprint density at radius 3 is 2.71 bits per heavy atom. The van der Waals surface area contributed by atoms with Gasteiger partial charge >= 0.3 is 0 Å². The van der Waals surface area contributed by atoms with Gasteiger partial charge in [0, 0.05) is 49.2 Å². The van der Waals surface area contributed by atoms with Gasteiger partial charge in [-0.15, -0.1) is 10.2 Å². The zero-order valence-corrected chi connectivity index (χ0v) is 18.7. The second-order valence-electron chi connectivity index (χ2n) is 7.96. The van der Waals surface area contributed by atoms with Crippen molar-refractivity contribution in [3.05, 3.63) is 53.1 Å². The zero-order valence-electron chi connectivity index (χ0n) is 17.1. The number of anilines is 2. The minimum Gasteiger partial charge on any atom is -0.372 e. The molecule has 1 fully saturated rings. The van der Waals surface area contributed by atoms with E-state index in [9.17, 15) is 0 Å². The monoisotopic (exact) mass is 454 g/mol. The zero-order chi connectivity index (χ0) is 21.4. The standard InChI is InChI=1S/C21H23ClN8S/c1-24-19-17(22)15(4-8-26-19)31-16-12-27-20(29-28-16)30-9-5-21(6-10-30)11-14-13(18(21)23)3-2-7-25-14/h2-4,7-8,12,18H,5-6,9-11,23H2,1H3,(H,24,26)/t18-/m1/s1. The Morgan fingerprint density at radius 2 is 2.00 bits per heavy atom. The number of halogens is 1. The molecule has 1 aliphatic carbocycles. The minimum absolute atomic E-state index is 0.0452. The van der Waals surface area contributed by atoms with Crippen molar-refractivity contribution in [2.75, 3.05) is 30.4 Å². The summed E-state index contributed by atoms with van der Waals surface area (Å²) in [6.07, 6.45) is 8.24. The molecular weight excluding hydrogens is 432 g/mol. The molecule has 8 nitrogen and oxygen atoms in total. The summed E-state index contributed by atoms with van der Waals surface area (Å²) in [5.41, 5.74) is 9.08. The maximum Gasteiger partial charge on any atom is 0.245 e. The van der Waals surface area contributed by atoms with Crippen molar-refractivity contribution in [1.82, 2.24) is 25.1 Å². The number of nitrogens with one attached hydrogen (secondary N) is 1. The first kappa shape index (κ1) is 20.4. The van der Waals surface area contributed by atoms with Crippen LogP contribution < -0.4 is 16.0 Å². The molecule has 2 aliphatic rings. The van der Waals surface area contributed by atoms with Crippen molar-refractivity contribution in [1.29, 1.82) is 0 Å². The number of fused-ring (bicyclic) bond motifs is 1. The molecule has 3 aromatic rings. The minimum atomic E-state index is 0.0452. The highest BCUT2D eigenvalue weighted by Crippen LogP contribution is 2.50. The van der Waals surface area contributed by atoms with E-state index in [2.05, 4.69) is 41.4 Å². The molecule has 0 amide bonds. The molecule has 1 saturated heterocycles. The molecule has 4 heterocycles. The maximum absolute atomic E-state index is 6.64. The molecule has 1 aliphatic heterocycles. The highest BCUT2D eigenvalue weighted by atomic mass is 35.5. The van der Waals surface area contributed by atoms with Crippen molar-refractivity contribution < 1.29 is 0 Å². The van der Waals surface area contributed by atoms with Gasteiger partial charge in [-0.05, 0) is 42.4 Å². The first-order valence-electron chi connectivity index (χ1n) is 10.2. The lowest BCUT2D eigenvalue weighted by Gasteiger charge is -2.41. The van der Waals surface area contributed by atoms with E-state index in [0.29, 0.717) is 21.8 Å². The van der Waals surface area contributed by atoms with Crippen molar-refractivity contribution in [2.45, 2.75) is 35.2 Å². The quantitative estimate of drug-likeness (QED) is 0.613. The van der Waals surface area contributed by atoms with E-state index in [1.54, 1.807) is 19.4 Å². The lowest BCUT2D eigenvalue weighted by molar-refractivity contribution is 0.186. The van der Waals surface area contributed by atoms with Crippen molar-refractivity contribution in [3.63, 3.8) is 0 Å². The topological polar surface area (TPSA) is 106 Å². The van der Waals surface area contributed by atoms with Crippen LogP contribution in [-0.4, -0.2) is 45.3 Å². The van der Waals surface area contributed by atoms with Gasteiger partial charge < -0.3 is 16.0 Å². The molecule has 1 spiro atoms. The van der Waals surface area contributed by atoms with E-state index in [1.807, 2.05) is 18.3 Å². The Bertz CT molecular complexity index is 1080. The highest BCUT2D eigenvalue weighted by molar-refractivity contribution is 7.99. The van der Waals surface area contributed by atoms with Gasteiger partial charge in [-0.3, -0.25) is 4.98 Å². The molecule has 5 rings (SSSR count). The van der Waals surface area contributed by atoms with Gasteiger partial charge in [0.15, 0.2) is 0 Å². The average molecular weight is 455 g/mol. The third-order valence-electron chi connectivity index (χ3n) is 6.32. The maximum atomic E-state index is 6.64. The summed E-state index contributed by atoms with van der Waals surface area (Å²) < 4.78 is 0. The third kappa shape index (κ3) is 3.71. The van der Waals surface area contributed by atoms with E-state index < -0.39 is 0 Å². The lowest BCUT2D eigenvalue weighted by Crippen LogP contribution is -2.45. The van der Waals surface area contributed by atoms with E-state index in [4.69, 9.17) is 17.3 Å². The van der Waals surface area contributed by atoms with Crippen LogP contribution in [0.5, 0.6) is 0 Å². The molecule has 1 atom stereocenters. The highest BCUT2D eigenvalue weighted by Gasteiger charge is 2.46. The van der Waals surface area contributed by atoms with Crippen LogP contribution in [-0.2, 0) is 6.42 Å². The summed E-state index contributed by atoms with van der Waals surface area (Å²) in [5.74, 6) is 1.28. The number of nitrogens with two attached hydrogens (primary N) is 1. The average Bonchev–Trinajstić information content (AvgIpc) is 3.08. The number of hydrogen-bond donors (Lipinski definition) is 2. The first-order valence-corrected chi connectivity index (χ1v) is 11.4. The van der Waals surface area contributed by atoms with Gasteiger partial charge in [-0.25, -0.2) is 9.97 Å². The number of piperidine rings is 1. The van der Waals surface area contributed by atoms with Gasteiger partial charge in [0.1, 0.15) is 10.8 Å². The van der Waals surface area contributed by atoms with Crippen LogP contribution >= 0.6 is 23.4 Å². The Morgan fingerprint density at radius 1 is 1.16 bits per heavy atom. The Balaban J connectivity index is 1.25. The summed E-state index contributed by atoms with van der Waals surface area (Å²) in [7, 11) is 1.79. The van der Waals surface area contributed by atoms with Gasteiger partial charge in [0.05, 0.1) is 11.2 Å². The molecule has 0 radical (unpaired) electrons. The Kier molecular flexibility index (Phi) is 5.41. The van der Waals surface area contributed by atoms with Crippen LogP contribution in [0.1, 0.15) is 30.1 Å². The normalized spacial score (nSPS) is 19.5. The van der Waals surface area contributed by atoms with E-state index in [0.717, 1.165) is 42.9 Å². The van der Waals surface area contributed by atoms with Gasteiger partial charge in [0.2, 0.25) is 5.95 Å². The Labute approximate surface area is 190 Å². The molecule has 3 N–H and O–H groups in total. The van der Waals surface area contributed by atoms with E-state index in [-0.39, 0.29) is 11.5 Å². The summed E-state index contributed by atoms with van der Waals surface area (Å²) in [5, 5.41) is 13.0. The number of aromatic nitrogens is 5. The SMILES string of the molecule is CNc1nccc(Sc2cnc(N3CCC4(CC3)Cc3ncccc3[C@H]4N)nn2)c1Cl. The van der Waals surface area contributed by atoms with Crippen LogP contribution in [0.25, 0.3) is 0 Å². The van der Waals surface area contributed by atoms with Crippen molar-refractivity contribution >= 4 is 35.1 Å². The summed E-state index contributed by atoms with van der Waals surface area (Å²) in [6, 6.07) is 5.99. The van der Waals surface area contributed by atoms with Crippen LogP contribution in [0.3, 0.4) is 0 Å². The molecule has 3 aromatic heterocycles. The van der Waals surface area contributed by atoms with E-state index >= 15 is 0 Å². The van der Waals surface area contributed by atoms with Gasteiger partial charge in [-0.1, -0.05) is 29.4 Å². The number of rotatable bonds is 4. The van der Waals surface area contributed by atoms with Crippen LogP contribution in [0.15, 0.2) is 46.7 Å². The smallest absolute Gasteiger partial charge is 0.245 e. The second-order valence-corrected chi connectivity index (χ2v) is 9.40. The predicted octanol–water partition coefficient (Wildman–Crippen LogP) is 3.35. The van der Waals surface area contributed by atoms with E-state index in [1.165, 1.54) is 17.3 Å². The van der Waals surface area contributed by atoms with Crippen LogP contribution in [0.4, 0.5) is 11.8 Å². The fourth-order valence-electron chi connectivity index (χ4n) is 4.54. The molecule has 0 unspecified atom stereocenters. The summed E-state index contributed by atoms with van der Waals surface area (Å²) >= 11 is 7.80. The fraction of sp³-hybridized carbons (Fsp3) is 0.381. The number of hydrogen-bond acceptors (Lipinski definition) is 9. The molecule has 10 heteroatoms. The first-order chi connectivity index (χ1) is 15.1. The number of pyridine rings is 2. The molecule has 0 saturated carbocycles. The molecule has 0 aromatic carbocycles.